The van der Waals surface area contributed by atoms with Crippen molar-refractivity contribution in [1.82, 2.24) is 5.06 Å². The van der Waals surface area contributed by atoms with E-state index in [2.05, 4.69) is 120 Å². The SMILES string of the molecule is C=C1C(=CC=C2CCC[C@]3(C)C([C@H](C)ON(C(C)=O)C(CC)CC)=CCC23)C[C@@H](O[Si](C)(C)C(C)(C)C)C[C@@H]1O[Si](C)(C)C(C)(C)C. The predicted molar refractivity (Wildman–Crippen MR) is 204 cm³/mol. The Labute approximate surface area is 291 Å². The van der Waals surface area contributed by atoms with Crippen molar-refractivity contribution in [3.05, 3.63) is 47.1 Å². The van der Waals surface area contributed by atoms with Crippen LogP contribution in [0, 0.1) is 11.3 Å². The van der Waals surface area contributed by atoms with Crippen LogP contribution < -0.4 is 0 Å². The maximum Gasteiger partial charge on any atom is 0.243 e. The molecule has 0 aromatic carbocycles. The van der Waals surface area contributed by atoms with E-state index in [1.54, 1.807) is 12.0 Å². The van der Waals surface area contributed by atoms with Crippen LogP contribution in [0.3, 0.4) is 0 Å². The third-order valence-electron chi connectivity index (χ3n) is 12.6. The molecule has 5 atom stereocenters. The standard InChI is InChI=1S/C40H71NO4Si2/c1-17-33(18-2)41(30(5)42)43-29(4)35-23-24-36-31(20-19-25-40(35,36)12)21-22-32-26-34(44-46(13,14)38(6,7)8)27-37(28(32)3)45-47(15,16)39(9,10)11/h21-23,29,33-34,36-37H,3,17-20,24-27H2,1-2,4-16H3/t29-,34+,36?,37-,40+/m0/s1. The molecule has 0 aromatic heterocycles. The van der Waals surface area contributed by atoms with Crippen LogP contribution in [-0.2, 0) is 18.5 Å². The largest absolute Gasteiger partial charge is 0.413 e. The molecule has 5 nitrogen and oxygen atoms in total. The zero-order valence-electron chi connectivity index (χ0n) is 33.1. The highest BCUT2D eigenvalue weighted by Crippen LogP contribution is 2.56. The summed E-state index contributed by atoms with van der Waals surface area (Å²) >= 11 is 0. The van der Waals surface area contributed by atoms with Crippen LogP contribution in [0.5, 0.6) is 0 Å². The zero-order valence-corrected chi connectivity index (χ0v) is 35.1. The van der Waals surface area contributed by atoms with Gasteiger partial charge in [-0.1, -0.05) is 92.7 Å². The molecule has 0 heterocycles. The number of carbonyl (C=O) groups excluding carboxylic acids is 1. The Balaban J connectivity index is 1.91. The van der Waals surface area contributed by atoms with Gasteiger partial charge in [0.25, 0.3) is 0 Å². The number of hydrogen-bond acceptors (Lipinski definition) is 4. The molecule has 7 heteroatoms. The monoisotopic (exact) mass is 685 g/mol. The fourth-order valence-corrected chi connectivity index (χ4v) is 10.2. The number of nitrogens with zero attached hydrogens (tertiary/aromatic N) is 1. The molecule has 2 fully saturated rings. The lowest BCUT2D eigenvalue weighted by atomic mass is 9.63. The first kappa shape index (κ1) is 40.2. The van der Waals surface area contributed by atoms with E-state index in [4.69, 9.17) is 13.7 Å². The number of hydroxylamine groups is 2. The summed E-state index contributed by atoms with van der Waals surface area (Å²) in [6.45, 7) is 38.5. The second-order valence-electron chi connectivity index (χ2n) is 18.0. The van der Waals surface area contributed by atoms with Gasteiger partial charge >= 0.3 is 0 Å². The Bertz CT molecular complexity index is 1230. The second-order valence-corrected chi connectivity index (χ2v) is 27.6. The van der Waals surface area contributed by atoms with E-state index in [0.717, 1.165) is 56.9 Å². The van der Waals surface area contributed by atoms with Crippen LogP contribution in [0.4, 0.5) is 0 Å². The first-order valence-electron chi connectivity index (χ1n) is 18.6. The van der Waals surface area contributed by atoms with E-state index in [-0.39, 0.29) is 45.8 Å². The number of allylic oxidation sites excluding steroid dienone is 4. The fraction of sp³-hybridized carbons (Fsp3) is 0.775. The van der Waals surface area contributed by atoms with Gasteiger partial charge in [0.05, 0.1) is 18.2 Å². The lowest BCUT2D eigenvalue weighted by molar-refractivity contribution is -0.213. The van der Waals surface area contributed by atoms with Crippen molar-refractivity contribution in [3.63, 3.8) is 0 Å². The molecule has 3 aliphatic carbocycles. The normalized spacial score (nSPS) is 28.6. The molecule has 0 bridgehead atoms. The molecule has 0 saturated heterocycles. The highest BCUT2D eigenvalue weighted by molar-refractivity contribution is 6.74. The van der Waals surface area contributed by atoms with Crippen molar-refractivity contribution >= 4 is 22.5 Å². The van der Waals surface area contributed by atoms with E-state index in [1.807, 2.05) is 0 Å². The predicted octanol–water partition coefficient (Wildman–Crippen LogP) is 11.5. The number of hydrogen-bond donors (Lipinski definition) is 0. The highest BCUT2D eigenvalue weighted by atomic mass is 28.4. The van der Waals surface area contributed by atoms with Gasteiger partial charge in [-0.3, -0.25) is 9.63 Å². The lowest BCUT2D eigenvalue weighted by Gasteiger charge is -2.45. The van der Waals surface area contributed by atoms with Gasteiger partial charge in [-0.25, -0.2) is 5.06 Å². The average Bonchev–Trinajstić information content (AvgIpc) is 3.29. The highest BCUT2D eigenvalue weighted by Gasteiger charge is 2.48. The Morgan fingerprint density at radius 3 is 2.15 bits per heavy atom. The van der Waals surface area contributed by atoms with Crippen LogP contribution in [0.15, 0.2) is 47.1 Å². The number of rotatable bonds is 11. The Morgan fingerprint density at radius 2 is 1.62 bits per heavy atom. The summed E-state index contributed by atoms with van der Waals surface area (Å²) in [5.41, 5.74) is 5.33. The van der Waals surface area contributed by atoms with Crippen molar-refractivity contribution in [1.29, 1.82) is 0 Å². The molecule has 0 N–H and O–H groups in total. The lowest BCUT2D eigenvalue weighted by Crippen LogP contribution is -2.49. The van der Waals surface area contributed by atoms with Crippen LogP contribution in [0.2, 0.25) is 36.3 Å². The number of fused-ring (bicyclic) bond motifs is 1. The van der Waals surface area contributed by atoms with Gasteiger partial charge in [0.1, 0.15) is 6.10 Å². The molecule has 0 aliphatic heterocycles. The fourth-order valence-electron chi connectivity index (χ4n) is 7.51. The Kier molecular flexibility index (Phi) is 12.8. The van der Waals surface area contributed by atoms with Crippen molar-refractivity contribution in [3.8, 4) is 0 Å². The maximum absolute atomic E-state index is 12.6. The molecule has 1 amide bonds. The van der Waals surface area contributed by atoms with E-state index in [9.17, 15) is 4.79 Å². The van der Waals surface area contributed by atoms with E-state index in [1.165, 1.54) is 16.7 Å². The van der Waals surface area contributed by atoms with Crippen LogP contribution in [0.1, 0.15) is 128 Å². The summed E-state index contributed by atoms with van der Waals surface area (Å²) in [7, 11) is -3.97. The molecule has 3 aliphatic rings. The summed E-state index contributed by atoms with van der Waals surface area (Å²) in [6.07, 6.45) is 15.2. The molecule has 0 radical (unpaired) electrons. The molecule has 0 spiro atoms. The Hall–Kier alpha value is -1.26. The van der Waals surface area contributed by atoms with Gasteiger partial charge in [0.2, 0.25) is 5.91 Å². The minimum absolute atomic E-state index is 0.0129. The molecule has 47 heavy (non-hydrogen) atoms. The topological polar surface area (TPSA) is 48.0 Å². The van der Waals surface area contributed by atoms with Gasteiger partial charge in [0, 0.05) is 13.3 Å². The van der Waals surface area contributed by atoms with Gasteiger partial charge in [-0.2, -0.15) is 0 Å². The van der Waals surface area contributed by atoms with Gasteiger partial charge in [-0.15, -0.1) is 0 Å². The molecule has 268 valence electrons. The van der Waals surface area contributed by atoms with E-state index >= 15 is 0 Å². The van der Waals surface area contributed by atoms with Crippen molar-refractivity contribution in [2.45, 2.75) is 188 Å². The first-order chi connectivity index (χ1) is 21.5. The second kappa shape index (κ2) is 14.9. The van der Waals surface area contributed by atoms with Crippen LogP contribution in [0.25, 0.3) is 0 Å². The molecule has 2 saturated carbocycles. The molecule has 1 unspecified atom stereocenters. The summed E-state index contributed by atoms with van der Waals surface area (Å²) < 4.78 is 14.2. The molecular weight excluding hydrogens is 615 g/mol. The summed E-state index contributed by atoms with van der Waals surface area (Å²) in [6, 6.07) is 0.103. The third kappa shape index (κ3) is 8.92. The maximum atomic E-state index is 12.6. The molecule has 0 aromatic rings. The van der Waals surface area contributed by atoms with E-state index in [0.29, 0.717) is 5.92 Å². The minimum Gasteiger partial charge on any atom is -0.413 e. The van der Waals surface area contributed by atoms with Crippen LogP contribution in [-0.4, -0.2) is 52.0 Å². The first-order valence-corrected chi connectivity index (χ1v) is 24.4. The van der Waals surface area contributed by atoms with Crippen LogP contribution >= 0.6 is 0 Å². The van der Waals surface area contributed by atoms with Crippen molar-refractivity contribution < 1.29 is 18.5 Å². The number of carbonyl (C=O) groups is 1. The summed E-state index contributed by atoms with van der Waals surface area (Å²) in [5, 5.41) is 1.92. The number of amides is 1. The summed E-state index contributed by atoms with van der Waals surface area (Å²) in [5.74, 6) is 0.435. The molecular formula is C40H71NO4Si2. The third-order valence-corrected chi connectivity index (χ3v) is 21.7. The smallest absolute Gasteiger partial charge is 0.243 e. The van der Waals surface area contributed by atoms with Gasteiger partial charge in [0.15, 0.2) is 16.6 Å². The van der Waals surface area contributed by atoms with Crippen molar-refractivity contribution in [2.75, 3.05) is 0 Å². The van der Waals surface area contributed by atoms with Gasteiger partial charge in [-0.05, 0) is 116 Å². The van der Waals surface area contributed by atoms with E-state index < -0.39 is 16.6 Å². The average molecular weight is 686 g/mol. The summed E-state index contributed by atoms with van der Waals surface area (Å²) in [4.78, 5) is 19.0. The van der Waals surface area contributed by atoms with Gasteiger partial charge < -0.3 is 8.85 Å². The quantitative estimate of drug-likeness (QED) is 0.123. The Morgan fingerprint density at radius 1 is 1.04 bits per heavy atom. The molecule has 3 rings (SSSR count). The minimum atomic E-state index is -2.01. The zero-order chi connectivity index (χ0) is 35.8. The van der Waals surface area contributed by atoms with Crippen molar-refractivity contribution in [2.24, 2.45) is 11.3 Å².